The van der Waals surface area contributed by atoms with Crippen LogP contribution in [0.2, 0.25) is 0 Å². The summed E-state index contributed by atoms with van der Waals surface area (Å²) in [6.45, 7) is 2.13. The van der Waals surface area contributed by atoms with Gasteiger partial charge in [0.1, 0.15) is 0 Å². The van der Waals surface area contributed by atoms with E-state index in [1.807, 2.05) is 11.8 Å². The van der Waals surface area contributed by atoms with E-state index in [4.69, 9.17) is 0 Å². The molecule has 0 atom stereocenters. The molecule has 0 fully saturated rings. The van der Waals surface area contributed by atoms with E-state index in [0.29, 0.717) is 0 Å². The van der Waals surface area contributed by atoms with Crippen LogP contribution in [0.15, 0.2) is 50.5 Å². The molecule has 0 aliphatic rings. The van der Waals surface area contributed by atoms with Gasteiger partial charge in [0.15, 0.2) is 0 Å². The number of hydrogen-bond acceptors (Lipinski definition) is 3. The zero-order valence-electron chi connectivity index (χ0n) is 10.3. The Hall–Kier alpha value is -0.290. The molecule has 0 N–H and O–H groups in total. The number of thiophene rings is 1. The summed E-state index contributed by atoms with van der Waals surface area (Å²) in [5, 5.41) is 2.21. The van der Waals surface area contributed by atoms with E-state index in [-0.39, 0.29) is 0 Å². The van der Waals surface area contributed by atoms with E-state index in [9.17, 15) is 0 Å². The van der Waals surface area contributed by atoms with Crippen molar-refractivity contribution in [2.75, 3.05) is 19.3 Å². The third-order valence-corrected chi connectivity index (χ3v) is 5.10. The molecule has 0 aliphatic carbocycles. The molecule has 1 aromatic heterocycles. The monoisotopic (exact) mass is 341 g/mol. The lowest BCUT2D eigenvalue weighted by molar-refractivity contribution is 0.349. The van der Waals surface area contributed by atoms with Crippen molar-refractivity contribution in [1.29, 1.82) is 0 Å². The van der Waals surface area contributed by atoms with Crippen LogP contribution < -0.4 is 0 Å². The Balaban J connectivity index is 1.70. The van der Waals surface area contributed by atoms with Crippen LogP contribution in [-0.4, -0.2) is 24.2 Å². The minimum absolute atomic E-state index is 1.03. The quantitative estimate of drug-likeness (QED) is 0.698. The molecule has 1 nitrogen and oxygen atoms in total. The van der Waals surface area contributed by atoms with Crippen molar-refractivity contribution >= 4 is 39.0 Å². The standard InChI is InChI=1S/C14H16BrNS2/c1-16(10-12-9-14(15)18-11-12)7-8-17-13-5-3-2-4-6-13/h2-6,9,11H,7-8,10H2,1H3. The van der Waals surface area contributed by atoms with Gasteiger partial charge in [-0.2, -0.15) is 0 Å². The van der Waals surface area contributed by atoms with Gasteiger partial charge in [0.05, 0.1) is 3.79 Å². The molecule has 18 heavy (non-hydrogen) atoms. The van der Waals surface area contributed by atoms with E-state index < -0.39 is 0 Å². The Labute approximate surface area is 125 Å². The fraction of sp³-hybridized carbons (Fsp3) is 0.286. The van der Waals surface area contributed by atoms with Crippen LogP contribution in [0.3, 0.4) is 0 Å². The van der Waals surface area contributed by atoms with Crippen LogP contribution in [-0.2, 0) is 6.54 Å². The van der Waals surface area contributed by atoms with Crippen LogP contribution in [0.5, 0.6) is 0 Å². The van der Waals surface area contributed by atoms with Crippen molar-refractivity contribution in [3.8, 4) is 0 Å². The predicted octanol–water partition coefficient (Wildman–Crippen LogP) is 4.73. The highest BCUT2D eigenvalue weighted by Crippen LogP contribution is 2.22. The molecule has 0 unspecified atom stereocenters. The number of halogens is 1. The van der Waals surface area contributed by atoms with Gasteiger partial charge in [0, 0.05) is 23.7 Å². The van der Waals surface area contributed by atoms with Crippen molar-refractivity contribution in [3.63, 3.8) is 0 Å². The molecule has 0 bridgehead atoms. The molecule has 0 aliphatic heterocycles. The first kappa shape index (κ1) is 14.1. The molecular weight excluding hydrogens is 326 g/mol. The highest BCUT2D eigenvalue weighted by molar-refractivity contribution is 9.11. The summed E-state index contributed by atoms with van der Waals surface area (Å²) in [5.41, 5.74) is 1.39. The van der Waals surface area contributed by atoms with Crippen molar-refractivity contribution in [2.45, 2.75) is 11.4 Å². The highest BCUT2D eigenvalue weighted by atomic mass is 79.9. The third-order valence-electron chi connectivity index (χ3n) is 2.56. The van der Waals surface area contributed by atoms with Gasteiger partial charge in [-0.05, 0) is 52.1 Å². The minimum atomic E-state index is 1.03. The largest absolute Gasteiger partial charge is 0.301 e. The number of rotatable bonds is 6. The number of benzene rings is 1. The molecule has 0 radical (unpaired) electrons. The Morgan fingerprint density at radius 2 is 2.06 bits per heavy atom. The van der Waals surface area contributed by atoms with Crippen LogP contribution in [0, 0.1) is 0 Å². The molecule has 2 rings (SSSR count). The van der Waals surface area contributed by atoms with E-state index >= 15 is 0 Å². The second-order valence-electron chi connectivity index (χ2n) is 4.16. The lowest BCUT2D eigenvalue weighted by Crippen LogP contribution is -2.20. The van der Waals surface area contributed by atoms with Crippen LogP contribution in [0.1, 0.15) is 5.56 Å². The summed E-state index contributed by atoms with van der Waals surface area (Å²) in [5.74, 6) is 1.13. The van der Waals surface area contributed by atoms with E-state index in [1.165, 1.54) is 14.2 Å². The smallest absolute Gasteiger partial charge is 0.0701 e. The molecule has 96 valence electrons. The summed E-state index contributed by atoms with van der Waals surface area (Å²) >= 11 is 7.17. The SMILES string of the molecule is CN(CCSc1ccccc1)Cc1csc(Br)c1. The zero-order chi connectivity index (χ0) is 12.8. The Kier molecular flexibility index (Phi) is 5.76. The molecule has 1 aromatic carbocycles. The second-order valence-corrected chi connectivity index (χ2v) is 7.62. The van der Waals surface area contributed by atoms with Crippen LogP contribution >= 0.6 is 39.0 Å². The first-order chi connectivity index (χ1) is 8.74. The summed E-state index contributed by atoms with van der Waals surface area (Å²) < 4.78 is 1.21. The molecule has 1 heterocycles. The Morgan fingerprint density at radius 3 is 2.72 bits per heavy atom. The van der Waals surface area contributed by atoms with Gasteiger partial charge in [-0.3, -0.25) is 0 Å². The molecule has 0 saturated carbocycles. The average molecular weight is 342 g/mol. The van der Waals surface area contributed by atoms with Gasteiger partial charge < -0.3 is 4.90 Å². The van der Waals surface area contributed by atoms with Gasteiger partial charge in [-0.1, -0.05) is 18.2 Å². The number of hydrogen-bond donors (Lipinski definition) is 0. The van der Waals surface area contributed by atoms with Gasteiger partial charge >= 0.3 is 0 Å². The fourth-order valence-electron chi connectivity index (χ4n) is 1.66. The van der Waals surface area contributed by atoms with Crippen LogP contribution in [0.25, 0.3) is 0 Å². The van der Waals surface area contributed by atoms with Crippen molar-refractivity contribution < 1.29 is 0 Å². The van der Waals surface area contributed by atoms with Crippen molar-refractivity contribution in [2.24, 2.45) is 0 Å². The maximum Gasteiger partial charge on any atom is 0.0701 e. The molecular formula is C14H16BrNS2. The summed E-state index contributed by atoms with van der Waals surface area (Å²) in [6.07, 6.45) is 0. The number of nitrogens with zero attached hydrogens (tertiary/aromatic N) is 1. The Bertz CT molecular complexity index is 470. The van der Waals surface area contributed by atoms with Gasteiger partial charge in [-0.15, -0.1) is 23.1 Å². The van der Waals surface area contributed by atoms with E-state index in [1.54, 1.807) is 11.3 Å². The fourth-order valence-corrected chi connectivity index (χ4v) is 3.84. The third kappa shape index (κ3) is 4.76. The van der Waals surface area contributed by atoms with Gasteiger partial charge in [-0.25, -0.2) is 0 Å². The molecule has 2 aromatic rings. The highest BCUT2D eigenvalue weighted by Gasteiger charge is 2.03. The lowest BCUT2D eigenvalue weighted by atomic mass is 10.3. The van der Waals surface area contributed by atoms with Crippen LogP contribution in [0.4, 0.5) is 0 Å². The van der Waals surface area contributed by atoms with Crippen molar-refractivity contribution in [1.82, 2.24) is 4.90 Å². The maximum atomic E-state index is 3.50. The van der Waals surface area contributed by atoms with E-state index in [0.717, 1.165) is 18.8 Å². The minimum Gasteiger partial charge on any atom is -0.301 e. The molecule has 0 saturated heterocycles. The summed E-state index contributed by atoms with van der Waals surface area (Å²) in [4.78, 5) is 3.72. The Morgan fingerprint density at radius 1 is 1.28 bits per heavy atom. The van der Waals surface area contributed by atoms with Crippen molar-refractivity contribution in [3.05, 3.63) is 51.1 Å². The average Bonchev–Trinajstić information content (AvgIpc) is 2.76. The lowest BCUT2D eigenvalue weighted by Gasteiger charge is -2.15. The van der Waals surface area contributed by atoms with E-state index in [2.05, 4.69) is 69.7 Å². The second kappa shape index (κ2) is 7.34. The molecule has 4 heteroatoms. The first-order valence-electron chi connectivity index (χ1n) is 5.83. The molecule has 0 amide bonds. The predicted molar refractivity (Wildman–Crippen MR) is 85.5 cm³/mol. The maximum absolute atomic E-state index is 3.50. The normalized spacial score (nSPS) is 11.1. The number of thioether (sulfide) groups is 1. The summed E-state index contributed by atoms with van der Waals surface area (Å²) in [7, 11) is 2.18. The molecule has 0 spiro atoms. The van der Waals surface area contributed by atoms with Gasteiger partial charge in [0.2, 0.25) is 0 Å². The zero-order valence-corrected chi connectivity index (χ0v) is 13.5. The topological polar surface area (TPSA) is 3.24 Å². The van der Waals surface area contributed by atoms with Gasteiger partial charge in [0.25, 0.3) is 0 Å². The summed E-state index contributed by atoms with van der Waals surface area (Å²) in [6, 6.07) is 12.8. The first-order valence-corrected chi connectivity index (χ1v) is 8.49.